The van der Waals surface area contributed by atoms with Gasteiger partial charge in [-0.05, 0) is 22.3 Å². The Labute approximate surface area is 164 Å². The van der Waals surface area contributed by atoms with Crippen LogP contribution in [0.3, 0.4) is 0 Å². The smallest absolute Gasteiger partial charge is 0.234 e. The Bertz CT molecular complexity index is 1380. The zero-order valence-electron chi connectivity index (χ0n) is 14.6. The first-order chi connectivity index (χ1) is 14.0. The van der Waals surface area contributed by atoms with Crippen LogP contribution < -0.4 is 5.11 Å². The molecule has 0 amide bonds. The van der Waals surface area contributed by atoms with Crippen LogP contribution >= 0.6 is 0 Å². The van der Waals surface area contributed by atoms with Gasteiger partial charge < -0.3 is 5.11 Å². The van der Waals surface area contributed by atoms with E-state index in [0.717, 1.165) is 0 Å². The number of carbonyl (C=O) groups excluding carboxylic acids is 2. The summed E-state index contributed by atoms with van der Waals surface area (Å²) in [6.45, 7) is 0. The average Bonchev–Trinajstić information content (AvgIpc) is 3.05. The van der Waals surface area contributed by atoms with Gasteiger partial charge in [0.2, 0.25) is 11.6 Å². The van der Waals surface area contributed by atoms with Crippen LogP contribution in [-0.4, -0.2) is 17.3 Å². The summed E-state index contributed by atoms with van der Waals surface area (Å²) in [5, 5.41) is 42.4. The highest BCUT2D eigenvalue weighted by molar-refractivity contribution is 6.53. The largest absolute Gasteiger partial charge is 0.825 e. The van der Waals surface area contributed by atoms with Gasteiger partial charge in [-0.3, -0.25) is 14.6 Å². The molecule has 0 fully saturated rings. The number of allylic oxidation sites excluding steroid dienone is 1. The Kier molecular flexibility index (Phi) is 3.08. The molecule has 0 N–H and O–H groups in total. The number of aliphatic imine (C=N–C) groups is 1. The molecule has 7 nitrogen and oxygen atoms in total. The van der Waals surface area contributed by atoms with Gasteiger partial charge >= 0.3 is 0 Å². The molecule has 2 aliphatic carbocycles. The van der Waals surface area contributed by atoms with Gasteiger partial charge in [0.25, 0.3) is 0 Å². The molecule has 1 unspecified atom stereocenters. The Balaban J connectivity index is 2.00. The van der Waals surface area contributed by atoms with E-state index < -0.39 is 23.2 Å². The minimum Gasteiger partial charge on any atom is -0.825 e. The molecular weight excluding hydrogens is 368 g/mol. The second kappa shape index (κ2) is 5.33. The molecule has 0 spiro atoms. The first-order valence-electron chi connectivity index (χ1n) is 8.58. The highest BCUT2D eigenvalue weighted by atomic mass is 16.3. The summed E-state index contributed by atoms with van der Waals surface area (Å²) in [6.07, 6.45) is 0. The molecule has 3 aliphatic rings. The summed E-state index contributed by atoms with van der Waals surface area (Å²) >= 11 is 0. The minimum atomic E-state index is -2.29. The summed E-state index contributed by atoms with van der Waals surface area (Å²) < 4.78 is 0. The SMILES string of the molecule is N#CC1=C2c3cccc4c3-c3c(cccc3C2([O-])N=C1C(C#N)C#N)C(=O)C4=O. The Hall–Kier alpha value is -4.38. The number of nitrogens with zero attached hydrogens (tertiary/aromatic N) is 4. The molecule has 0 radical (unpaired) electrons. The van der Waals surface area contributed by atoms with Crippen molar-refractivity contribution in [1.82, 2.24) is 0 Å². The van der Waals surface area contributed by atoms with Crippen LogP contribution in [0.1, 0.15) is 31.8 Å². The maximum Gasteiger partial charge on any atom is 0.234 e. The fourth-order valence-corrected chi connectivity index (χ4v) is 4.32. The van der Waals surface area contributed by atoms with Crippen molar-refractivity contribution >= 4 is 22.9 Å². The zero-order chi connectivity index (χ0) is 20.5. The Morgan fingerprint density at radius 3 is 2.10 bits per heavy atom. The summed E-state index contributed by atoms with van der Waals surface area (Å²) in [5.74, 6) is -2.78. The second-order valence-electron chi connectivity index (χ2n) is 6.81. The standard InChI is InChI=1S/C22H7N4O3/c23-7-10(8-24)19-14(9-25)18-11-3-1-4-12-16(11)17-13(21(28)20(12)27)5-2-6-15(17)22(18,29)26-19/h1-6,10H/q-1. The summed E-state index contributed by atoms with van der Waals surface area (Å²) in [4.78, 5) is 29.4. The van der Waals surface area contributed by atoms with Crippen LogP contribution in [0.25, 0.3) is 16.7 Å². The van der Waals surface area contributed by atoms with Crippen LogP contribution in [0, 0.1) is 39.9 Å². The fraction of sp³-hybridized carbons (Fsp3) is 0.0909. The van der Waals surface area contributed by atoms with Gasteiger partial charge in [-0.15, -0.1) is 0 Å². The highest BCUT2D eigenvalue weighted by Gasteiger charge is 2.47. The maximum absolute atomic E-state index is 14.0. The lowest BCUT2D eigenvalue weighted by molar-refractivity contribution is -0.460. The molecule has 0 saturated carbocycles. The summed E-state index contributed by atoms with van der Waals surface area (Å²) in [6, 6.07) is 14.5. The molecular formula is C22H7N4O3-. The number of fused-ring (bicyclic) bond motifs is 3. The number of benzene rings is 2. The zero-order valence-corrected chi connectivity index (χ0v) is 14.6. The van der Waals surface area contributed by atoms with E-state index in [4.69, 9.17) is 0 Å². The molecule has 0 bridgehead atoms. The van der Waals surface area contributed by atoms with Gasteiger partial charge in [-0.1, -0.05) is 36.4 Å². The normalized spacial score (nSPS) is 20.4. The van der Waals surface area contributed by atoms with Crippen molar-refractivity contribution in [2.75, 3.05) is 0 Å². The Morgan fingerprint density at radius 1 is 0.897 bits per heavy atom. The van der Waals surface area contributed by atoms with E-state index >= 15 is 0 Å². The lowest BCUT2D eigenvalue weighted by atomic mass is 9.69. The number of Topliss-reactive ketones (excluding diaryl/α,β-unsaturated/α-hetero) is 2. The monoisotopic (exact) mass is 375 g/mol. The third-order valence-corrected chi connectivity index (χ3v) is 5.48. The molecule has 5 rings (SSSR count). The molecule has 29 heavy (non-hydrogen) atoms. The maximum atomic E-state index is 14.0. The number of hydrogen-bond acceptors (Lipinski definition) is 7. The number of hydrogen-bond donors (Lipinski definition) is 0. The number of carbonyl (C=O) groups is 2. The van der Waals surface area contributed by atoms with E-state index in [9.17, 15) is 30.5 Å². The third kappa shape index (κ3) is 1.79. The number of rotatable bonds is 1. The molecule has 2 aromatic carbocycles. The molecule has 7 heteroatoms. The fourth-order valence-electron chi connectivity index (χ4n) is 4.32. The lowest BCUT2D eigenvalue weighted by Crippen LogP contribution is -2.42. The van der Waals surface area contributed by atoms with E-state index in [1.54, 1.807) is 18.2 Å². The van der Waals surface area contributed by atoms with E-state index in [1.807, 2.05) is 6.07 Å². The van der Waals surface area contributed by atoms with Crippen molar-refractivity contribution in [3.63, 3.8) is 0 Å². The Morgan fingerprint density at radius 2 is 1.48 bits per heavy atom. The number of ketones is 2. The first-order valence-corrected chi connectivity index (χ1v) is 8.58. The minimum absolute atomic E-state index is 0.00847. The van der Waals surface area contributed by atoms with Crippen molar-refractivity contribution in [3.05, 3.63) is 64.2 Å². The topological polar surface area (TPSA) is 141 Å². The second-order valence-corrected chi connectivity index (χ2v) is 6.81. The summed E-state index contributed by atoms with van der Waals surface area (Å²) in [7, 11) is 0. The highest BCUT2D eigenvalue weighted by Crippen LogP contribution is 2.55. The lowest BCUT2D eigenvalue weighted by Gasteiger charge is -2.44. The van der Waals surface area contributed by atoms with Gasteiger partial charge in [-0.25, -0.2) is 0 Å². The third-order valence-electron chi connectivity index (χ3n) is 5.48. The van der Waals surface area contributed by atoms with Crippen LogP contribution in [0.2, 0.25) is 0 Å². The average molecular weight is 375 g/mol. The number of nitriles is 3. The molecule has 1 aliphatic heterocycles. The quantitative estimate of drug-likeness (QED) is 0.694. The molecule has 0 saturated heterocycles. The van der Waals surface area contributed by atoms with Gasteiger partial charge in [-0.2, -0.15) is 15.8 Å². The molecule has 0 aromatic heterocycles. The van der Waals surface area contributed by atoms with E-state index in [2.05, 4.69) is 4.99 Å². The molecule has 2 aromatic rings. The predicted octanol–water partition coefficient (Wildman–Crippen LogP) is 1.65. The van der Waals surface area contributed by atoms with Gasteiger partial charge in [0.1, 0.15) is 6.07 Å². The van der Waals surface area contributed by atoms with Gasteiger partial charge in [0.15, 0.2) is 5.92 Å². The van der Waals surface area contributed by atoms with Crippen molar-refractivity contribution in [2.24, 2.45) is 10.9 Å². The molecule has 1 atom stereocenters. The van der Waals surface area contributed by atoms with Crippen molar-refractivity contribution < 1.29 is 14.7 Å². The molecule has 1 heterocycles. The predicted molar refractivity (Wildman–Crippen MR) is 96.9 cm³/mol. The van der Waals surface area contributed by atoms with Crippen molar-refractivity contribution in [3.8, 4) is 29.3 Å². The molecule has 134 valence electrons. The summed E-state index contributed by atoms with van der Waals surface area (Å²) in [5.41, 5.74) is -1.14. The van der Waals surface area contributed by atoms with E-state index in [0.29, 0.717) is 16.7 Å². The van der Waals surface area contributed by atoms with E-state index in [-0.39, 0.29) is 33.5 Å². The van der Waals surface area contributed by atoms with Crippen LogP contribution in [-0.2, 0) is 5.72 Å². The van der Waals surface area contributed by atoms with Crippen molar-refractivity contribution in [2.45, 2.75) is 5.72 Å². The first kappa shape index (κ1) is 16.8. The van der Waals surface area contributed by atoms with Crippen LogP contribution in [0.15, 0.2) is 47.0 Å². The van der Waals surface area contributed by atoms with Gasteiger partial charge in [0, 0.05) is 22.4 Å². The van der Waals surface area contributed by atoms with E-state index in [1.165, 1.54) is 30.3 Å². The van der Waals surface area contributed by atoms with Crippen LogP contribution in [0.4, 0.5) is 0 Å². The van der Waals surface area contributed by atoms with Gasteiger partial charge in [0.05, 0.1) is 23.4 Å². The van der Waals surface area contributed by atoms with Crippen LogP contribution in [0.5, 0.6) is 0 Å². The van der Waals surface area contributed by atoms with Crippen molar-refractivity contribution in [1.29, 1.82) is 15.8 Å².